The van der Waals surface area contributed by atoms with E-state index in [1.807, 2.05) is 0 Å². The topological polar surface area (TPSA) is 80.6 Å². The molecule has 0 radical (unpaired) electrons. The second-order valence-electron chi connectivity index (χ2n) is 5.88. The van der Waals surface area contributed by atoms with Gasteiger partial charge in [-0.05, 0) is 31.5 Å². The number of aromatic amines is 1. The molecule has 1 unspecified atom stereocenters. The first-order valence-corrected chi connectivity index (χ1v) is 9.16. The van der Waals surface area contributed by atoms with E-state index in [0.717, 1.165) is 10.9 Å². The number of aromatic nitrogens is 4. The van der Waals surface area contributed by atoms with Gasteiger partial charge in [-0.25, -0.2) is 22.5 Å². The third-order valence-corrected chi connectivity index (χ3v) is 5.93. The molecule has 6 nitrogen and oxygen atoms in total. The molecule has 4 rings (SSSR count). The van der Waals surface area contributed by atoms with Crippen LogP contribution in [0.2, 0.25) is 0 Å². The number of H-pyrrole nitrogens is 1. The maximum atomic E-state index is 13.3. The lowest BCUT2D eigenvalue weighted by Crippen LogP contribution is -2.13. The van der Waals surface area contributed by atoms with Crippen molar-refractivity contribution in [2.45, 2.75) is 19.4 Å². The van der Waals surface area contributed by atoms with Crippen LogP contribution in [0.3, 0.4) is 0 Å². The molecule has 2 aromatic heterocycles. The highest BCUT2D eigenvalue weighted by molar-refractivity contribution is 7.91. The number of hydrogen-bond acceptors (Lipinski definition) is 4. The summed E-state index contributed by atoms with van der Waals surface area (Å²) in [5.74, 6) is 1.14. The molecule has 1 aliphatic heterocycles. The Bertz CT molecular complexity index is 1010. The maximum absolute atomic E-state index is 13.3. The van der Waals surface area contributed by atoms with Crippen LogP contribution in [0.15, 0.2) is 24.4 Å². The molecule has 1 atom stereocenters. The van der Waals surface area contributed by atoms with Gasteiger partial charge in [-0.15, -0.1) is 0 Å². The highest BCUT2D eigenvalue weighted by Crippen LogP contribution is 2.32. The fourth-order valence-electron chi connectivity index (χ4n) is 3.12. The summed E-state index contributed by atoms with van der Waals surface area (Å²) in [4.78, 5) is 7.49. The number of rotatable bonds is 2. The summed E-state index contributed by atoms with van der Waals surface area (Å²) in [6.07, 6.45) is 2.29. The van der Waals surface area contributed by atoms with Crippen molar-refractivity contribution < 1.29 is 12.8 Å². The van der Waals surface area contributed by atoms with Crippen LogP contribution in [-0.4, -0.2) is 39.7 Å². The zero-order valence-electron chi connectivity index (χ0n) is 12.5. The van der Waals surface area contributed by atoms with Crippen LogP contribution in [0.1, 0.15) is 18.3 Å². The van der Waals surface area contributed by atoms with Crippen molar-refractivity contribution in [3.8, 4) is 11.4 Å². The quantitative estimate of drug-likeness (QED) is 0.779. The molecule has 1 aromatic carbocycles. The molecule has 0 spiro atoms. The van der Waals surface area contributed by atoms with E-state index in [2.05, 4.69) is 15.1 Å². The molecule has 1 N–H and O–H groups in total. The Kier molecular flexibility index (Phi) is 3.06. The molecule has 0 saturated carbocycles. The molecule has 1 fully saturated rings. The predicted molar refractivity (Wildman–Crippen MR) is 84.3 cm³/mol. The molecule has 0 bridgehead atoms. The second kappa shape index (κ2) is 4.89. The summed E-state index contributed by atoms with van der Waals surface area (Å²) in [6.45, 7) is 1.78. The molecule has 3 heterocycles. The first-order chi connectivity index (χ1) is 10.9. The van der Waals surface area contributed by atoms with Crippen LogP contribution in [0, 0.1) is 12.7 Å². The summed E-state index contributed by atoms with van der Waals surface area (Å²) in [7, 11) is -3.01. The van der Waals surface area contributed by atoms with Crippen LogP contribution in [0.5, 0.6) is 0 Å². The Morgan fingerprint density at radius 1 is 1.39 bits per heavy atom. The van der Waals surface area contributed by atoms with Crippen LogP contribution in [0.4, 0.5) is 4.39 Å². The van der Waals surface area contributed by atoms with Crippen LogP contribution >= 0.6 is 0 Å². The highest BCUT2D eigenvalue weighted by atomic mass is 32.2. The molecule has 0 amide bonds. The van der Waals surface area contributed by atoms with Gasteiger partial charge in [-0.2, -0.15) is 5.10 Å². The van der Waals surface area contributed by atoms with Crippen molar-refractivity contribution in [1.82, 2.24) is 19.7 Å². The van der Waals surface area contributed by atoms with E-state index < -0.39 is 9.84 Å². The summed E-state index contributed by atoms with van der Waals surface area (Å²) in [5, 5.41) is 5.23. The van der Waals surface area contributed by atoms with Crippen molar-refractivity contribution >= 4 is 20.7 Å². The molecular formula is C15H15FN4O2S. The van der Waals surface area contributed by atoms with Gasteiger partial charge in [0.05, 0.1) is 17.5 Å². The first kappa shape index (κ1) is 14.4. The largest absolute Gasteiger partial charge is 0.360 e. The lowest BCUT2D eigenvalue weighted by atomic mass is 10.1. The fourth-order valence-corrected chi connectivity index (χ4v) is 4.81. The lowest BCUT2D eigenvalue weighted by Gasteiger charge is -2.11. The van der Waals surface area contributed by atoms with Gasteiger partial charge in [0.2, 0.25) is 0 Å². The van der Waals surface area contributed by atoms with Crippen molar-refractivity contribution in [2.24, 2.45) is 0 Å². The third kappa shape index (κ3) is 2.42. The van der Waals surface area contributed by atoms with Gasteiger partial charge in [0.15, 0.2) is 15.7 Å². The SMILES string of the molecule is Cc1nc(-c2c[nH]c3cc(F)ccc23)n(C2CCS(=O)(=O)C2)n1. The number of nitrogens with zero attached hydrogens (tertiary/aromatic N) is 3. The number of nitrogens with one attached hydrogen (secondary N) is 1. The van der Waals surface area contributed by atoms with E-state index in [9.17, 15) is 12.8 Å². The number of hydrogen-bond donors (Lipinski definition) is 1. The van der Waals surface area contributed by atoms with Gasteiger partial charge in [0, 0.05) is 22.7 Å². The smallest absolute Gasteiger partial charge is 0.160 e. The summed E-state index contributed by atoms with van der Waals surface area (Å²) in [5.41, 5.74) is 1.47. The average Bonchev–Trinajstić information content (AvgIpc) is 3.14. The summed E-state index contributed by atoms with van der Waals surface area (Å²) < 4.78 is 38.6. The minimum absolute atomic E-state index is 0.0831. The van der Waals surface area contributed by atoms with Crippen molar-refractivity contribution in [1.29, 1.82) is 0 Å². The standard InChI is InChI=1S/C15H15FN4O2S/c1-9-18-15(20(19-9)11-4-5-23(21,22)8-11)13-7-17-14-6-10(16)2-3-12(13)14/h2-3,6-7,11,17H,4-5,8H2,1H3. The van der Waals surface area contributed by atoms with Gasteiger partial charge in [0.1, 0.15) is 11.6 Å². The van der Waals surface area contributed by atoms with E-state index in [1.54, 1.807) is 23.9 Å². The summed E-state index contributed by atoms with van der Waals surface area (Å²) >= 11 is 0. The number of benzene rings is 1. The minimum Gasteiger partial charge on any atom is -0.360 e. The number of aryl methyl sites for hydroxylation is 1. The van der Waals surface area contributed by atoms with Crippen LogP contribution in [0.25, 0.3) is 22.3 Å². The average molecular weight is 334 g/mol. The Morgan fingerprint density at radius 3 is 2.96 bits per heavy atom. The monoisotopic (exact) mass is 334 g/mol. The van der Waals surface area contributed by atoms with Crippen molar-refractivity contribution in [3.63, 3.8) is 0 Å². The van der Waals surface area contributed by atoms with E-state index >= 15 is 0 Å². The molecule has 3 aromatic rings. The Hall–Kier alpha value is -2.22. The number of halogens is 1. The van der Waals surface area contributed by atoms with Gasteiger partial charge >= 0.3 is 0 Å². The van der Waals surface area contributed by atoms with Crippen LogP contribution in [-0.2, 0) is 9.84 Å². The molecule has 120 valence electrons. The highest BCUT2D eigenvalue weighted by Gasteiger charge is 2.32. The first-order valence-electron chi connectivity index (χ1n) is 7.33. The fraction of sp³-hybridized carbons (Fsp3) is 0.333. The van der Waals surface area contributed by atoms with E-state index in [-0.39, 0.29) is 23.4 Å². The lowest BCUT2D eigenvalue weighted by molar-refractivity contribution is 0.502. The van der Waals surface area contributed by atoms with Crippen LogP contribution < -0.4 is 0 Å². The van der Waals surface area contributed by atoms with Crippen molar-refractivity contribution in [3.05, 3.63) is 36.0 Å². The molecular weight excluding hydrogens is 319 g/mol. The van der Waals surface area contributed by atoms with Gasteiger partial charge < -0.3 is 4.98 Å². The Morgan fingerprint density at radius 2 is 2.22 bits per heavy atom. The van der Waals surface area contributed by atoms with Crippen molar-refractivity contribution in [2.75, 3.05) is 11.5 Å². The zero-order valence-corrected chi connectivity index (χ0v) is 13.3. The Balaban J connectivity index is 1.86. The normalized spacial score (nSPS) is 20.3. The number of sulfone groups is 1. The van der Waals surface area contributed by atoms with Gasteiger partial charge in [-0.3, -0.25) is 0 Å². The molecule has 0 aliphatic carbocycles. The van der Waals surface area contributed by atoms with Gasteiger partial charge in [-0.1, -0.05) is 0 Å². The zero-order chi connectivity index (χ0) is 16.2. The predicted octanol–water partition coefficient (Wildman–Crippen LogP) is 2.23. The molecule has 23 heavy (non-hydrogen) atoms. The molecule has 1 aliphatic rings. The second-order valence-corrected chi connectivity index (χ2v) is 8.11. The maximum Gasteiger partial charge on any atom is 0.160 e. The van der Waals surface area contributed by atoms with E-state index in [1.165, 1.54) is 12.1 Å². The molecule has 8 heteroatoms. The third-order valence-electron chi connectivity index (χ3n) is 4.18. The van der Waals surface area contributed by atoms with Gasteiger partial charge in [0.25, 0.3) is 0 Å². The van der Waals surface area contributed by atoms with E-state index in [0.29, 0.717) is 23.6 Å². The number of fused-ring (bicyclic) bond motifs is 1. The van der Waals surface area contributed by atoms with E-state index in [4.69, 9.17) is 0 Å². The summed E-state index contributed by atoms with van der Waals surface area (Å²) in [6, 6.07) is 4.30. The molecule has 1 saturated heterocycles. The minimum atomic E-state index is -3.01. The Labute approximate surface area is 132 Å².